The predicted molar refractivity (Wildman–Crippen MR) is 85.0 cm³/mol. The number of nitrogens with one attached hydrogen (secondary N) is 2. The molecule has 140 valence electrons. The molecule has 0 saturated carbocycles. The van der Waals surface area contributed by atoms with Crippen molar-refractivity contribution in [2.45, 2.75) is 38.0 Å². The Morgan fingerprint density at radius 3 is 2.12 bits per heavy atom. The fraction of sp³-hybridized carbons (Fsp3) is 0.667. The van der Waals surface area contributed by atoms with Gasteiger partial charge in [0.25, 0.3) is 0 Å². The van der Waals surface area contributed by atoms with Gasteiger partial charge in [-0.15, -0.1) is 0 Å². The highest BCUT2D eigenvalue weighted by Gasteiger charge is 2.22. The van der Waals surface area contributed by atoms with Crippen LogP contribution in [0.5, 0.6) is 0 Å². The van der Waals surface area contributed by atoms with E-state index in [1.807, 2.05) is 0 Å². The number of hydrogen-bond acceptors (Lipinski definition) is 8. The van der Waals surface area contributed by atoms with Crippen LogP contribution in [0.1, 0.15) is 19.8 Å². The maximum atomic E-state index is 10.6. The van der Waals surface area contributed by atoms with E-state index >= 15 is 0 Å². The zero-order valence-corrected chi connectivity index (χ0v) is 13.4. The molecule has 0 saturated heterocycles. The number of ether oxygens (including phenoxy) is 1. The van der Waals surface area contributed by atoms with Crippen molar-refractivity contribution in [3.63, 3.8) is 0 Å². The van der Waals surface area contributed by atoms with E-state index in [1.54, 1.807) is 0 Å². The van der Waals surface area contributed by atoms with Gasteiger partial charge < -0.3 is 43.2 Å². The second kappa shape index (κ2) is 13.0. The Labute approximate surface area is 139 Å². The zero-order valence-electron chi connectivity index (χ0n) is 13.4. The molecule has 0 aliphatic heterocycles. The molecule has 0 aromatic rings. The first kappa shape index (κ1) is 23.8. The van der Waals surface area contributed by atoms with Crippen molar-refractivity contribution in [2.75, 3.05) is 13.1 Å². The molecular weight excluding hydrogens is 324 g/mol. The summed E-state index contributed by atoms with van der Waals surface area (Å²) in [6.07, 6.45) is 0.112. The molecule has 0 rings (SSSR count). The molecule has 0 unspecified atom stereocenters. The zero-order chi connectivity index (χ0) is 19.3. The Balaban J connectivity index is 0. The number of carboxylic acids is 2. The van der Waals surface area contributed by atoms with E-state index in [9.17, 15) is 14.4 Å². The predicted octanol–water partition coefficient (Wildman–Crippen LogP) is -3.05. The molecule has 0 spiro atoms. The lowest BCUT2D eigenvalue weighted by molar-refractivity contribution is -0.152. The van der Waals surface area contributed by atoms with Gasteiger partial charge in [-0.25, -0.2) is 0 Å². The maximum Gasteiger partial charge on any atom is 0.324 e. The summed E-state index contributed by atoms with van der Waals surface area (Å²) in [4.78, 5) is 31.0. The number of hydrogen-bond donors (Lipinski definition) is 8. The first-order chi connectivity index (χ1) is 11.0. The topological polar surface area (TPSA) is 241 Å². The number of nitrogens with two attached hydrogens (primary N) is 4. The quantitative estimate of drug-likeness (QED) is 0.0898. The lowest BCUT2D eigenvalue weighted by Gasteiger charge is -2.15. The molecule has 0 amide bonds. The minimum absolute atomic E-state index is 0.112. The van der Waals surface area contributed by atoms with Gasteiger partial charge in [-0.05, 0) is 19.8 Å². The Morgan fingerprint density at radius 2 is 1.75 bits per heavy atom. The molecule has 0 aliphatic carbocycles. The normalized spacial score (nSPS) is 13.5. The largest absolute Gasteiger partial charge is 0.480 e. The van der Waals surface area contributed by atoms with Gasteiger partial charge in [0.1, 0.15) is 18.2 Å². The van der Waals surface area contributed by atoms with Crippen LogP contribution in [0.3, 0.4) is 0 Å². The number of esters is 1. The number of guanidine groups is 1. The fourth-order valence-corrected chi connectivity index (χ4v) is 1.20. The molecule has 12 nitrogen and oxygen atoms in total. The van der Waals surface area contributed by atoms with E-state index in [-0.39, 0.29) is 12.5 Å². The van der Waals surface area contributed by atoms with Crippen LogP contribution in [0, 0.1) is 5.41 Å². The molecule has 12 heteroatoms. The van der Waals surface area contributed by atoms with Gasteiger partial charge in [0.05, 0.1) is 6.54 Å². The summed E-state index contributed by atoms with van der Waals surface area (Å²) in [5.74, 6) is -3.00. The van der Waals surface area contributed by atoms with Crippen molar-refractivity contribution in [3.05, 3.63) is 0 Å². The molecule has 0 aromatic heterocycles. The van der Waals surface area contributed by atoms with Gasteiger partial charge in [0, 0.05) is 6.54 Å². The summed E-state index contributed by atoms with van der Waals surface area (Å²) in [6.45, 7) is 1.60. The minimum atomic E-state index is -1.22. The van der Waals surface area contributed by atoms with Crippen molar-refractivity contribution >= 4 is 23.9 Å². The average molecular weight is 350 g/mol. The van der Waals surface area contributed by atoms with Crippen LogP contribution in [-0.2, 0) is 19.1 Å². The first-order valence-corrected chi connectivity index (χ1v) is 6.97. The summed E-state index contributed by atoms with van der Waals surface area (Å²) in [7, 11) is 0. The summed E-state index contributed by atoms with van der Waals surface area (Å²) in [5, 5.41) is 26.1. The molecule has 0 heterocycles. The number of aliphatic carboxylic acids is 2. The Kier molecular flexibility index (Phi) is 12.9. The number of carbonyl (C=O) groups is 3. The highest BCUT2D eigenvalue weighted by atomic mass is 16.5. The third kappa shape index (κ3) is 13.2. The number of rotatable bonds is 9. The summed E-state index contributed by atoms with van der Waals surface area (Å²) in [5.41, 5.74) is 20.3. The van der Waals surface area contributed by atoms with Crippen molar-refractivity contribution in [2.24, 2.45) is 22.9 Å². The Bertz CT molecular complexity index is 432. The summed E-state index contributed by atoms with van der Waals surface area (Å²) >= 11 is 0. The molecule has 0 bridgehead atoms. The van der Waals surface area contributed by atoms with Crippen LogP contribution in [0.2, 0.25) is 0 Å². The number of carbonyl (C=O) groups excluding carboxylic acids is 1. The van der Waals surface area contributed by atoms with E-state index < -0.39 is 36.1 Å². The fourth-order valence-electron chi connectivity index (χ4n) is 1.20. The van der Waals surface area contributed by atoms with Gasteiger partial charge in [0.15, 0.2) is 5.96 Å². The SMILES string of the molecule is C[C@@H](OC(=O)CN)[C@H](N)C(=O)O.N=C(N)NCCC[C@H](N)C(=O)O. The van der Waals surface area contributed by atoms with Gasteiger partial charge in [0.2, 0.25) is 0 Å². The van der Waals surface area contributed by atoms with Gasteiger partial charge in [-0.2, -0.15) is 0 Å². The Morgan fingerprint density at radius 1 is 1.21 bits per heavy atom. The van der Waals surface area contributed by atoms with E-state index in [2.05, 4.69) is 10.1 Å². The van der Waals surface area contributed by atoms with Crippen LogP contribution in [-0.4, -0.2) is 65.4 Å². The van der Waals surface area contributed by atoms with Crippen molar-refractivity contribution < 1.29 is 29.3 Å². The molecule has 0 fully saturated rings. The lowest BCUT2D eigenvalue weighted by atomic mass is 10.2. The van der Waals surface area contributed by atoms with Crippen LogP contribution in [0.4, 0.5) is 0 Å². The van der Waals surface area contributed by atoms with E-state index in [0.29, 0.717) is 19.4 Å². The molecular formula is C12H26N6O6. The van der Waals surface area contributed by atoms with E-state index in [1.165, 1.54) is 6.92 Å². The molecule has 24 heavy (non-hydrogen) atoms. The third-order valence-electron chi connectivity index (χ3n) is 2.60. The maximum absolute atomic E-state index is 10.6. The van der Waals surface area contributed by atoms with Crippen molar-refractivity contribution in [1.82, 2.24) is 5.32 Å². The smallest absolute Gasteiger partial charge is 0.324 e. The third-order valence-corrected chi connectivity index (χ3v) is 2.60. The van der Waals surface area contributed by atoms with Crippen LogP contribution < -0.4 is 28.3 Å². The van der Waals surface area contributed by atoms with Gasteiger partial charge in [-0.1, -0.05) is 0 Å². The van der Waals surface area contributed by atoms with E-state index in [0.717, 1.165) is 0 Å². The van der Waals surface area contributed by atoms with Crippen molar-refractivity contribution in [3.8, 4) is 0 Å². The van der Waals surface area contributed by atoms with Crippen LogP contribution in [0.25, 0.3) is 0 Å². The average Bonchev–Trinajstić information content (AvgIpc) is 2.50. The summed E-state index contributed by atoms with van der Waals surface area (Å²) < 4.78 is 4.55. The highest BCUT2D eigenvalue weighted by Crippen LogP contribution is 1.96. The van der Waals surface area contributed by atoms with E-state index in [4.69, 9.17) is 38.6 Å². The molecule has 0 aromatic carbocycles. The monoisotopic (exact) mass is 350 g/mol. The molecule has 0 radical (unpaired) electrons. The molecule has 12 N–H and O–H groups in total. The second-order valence-electron chi connectivity index (χ2n) is 4.69. The summed E-state index contributed by atoms with van der Waals surface area (Å²) in [6, 6.07) is -2.03. The van der Waals surface area contributed by atoms with Crippen LogP contribution in [0.15, 0.2) is 0 Å². The molecule has 3 atom stereocenters. The number of carboxylic acid groups (broad SMARTS) is 2. The minimum Gasteiger partial charge on any atom is -0.480 e. The van der Waals surface area contributed by atoms with Gasteiger partial charge in [-0.3, -0.25) is 19.8 Å². The standard InChI is InChI=1S/C6H14N4O2.C6H12N2O4/c7-4(5(11)12)2-1-3-10-6(8)9;1-3(5(8)6(10)11)12-4(9)2-7/h4H,1-3,7H2,(H,11,12)(H4,8,9,10);3,5H,2,7-8H2,1H3,(H,10,11)/t4-;3-,5+/m01/s1. The lowest BCUT2D eigenvalue weighted by Crippen LogP contribution is -2.43. The first-order valence-electron chi connectivity index (χ1n) is 6.97. The highest BCUT2D eigenvalue weighted by molar-refractivity contribution is 5.76. The van der Waals surface area contributed by atoms with Gasteiger partial charge >= 0.3 is 17.9 Å². The van der Waals surface area contributed by atoms with Crippen molar-refractivity contribution in [1.29, 1.82) is 5.41 Å². The molecule has 0 aliphatic rings. The Hall–Kier alpha value is -2.44. The second-order valence-corrected chi connectivity index (χ2v) is 4.69. The van der Waals surface area contributed by atoms with Crippen LogP contribution >= 0.6 is 0 Å².